The first-order valence-corrected chi connectivity index (χ1v) is 7.24. The summed E-state index contributed by atoms with van der Waals surface area (Å²) < 4.78 is 0. The molecule has 1 saturated carbocycles. The van der Waals surface area contributed by atoms with Gasteiger partial charge in [0, 0.05) is 38.4 Å². The van der Waals surface area contributed by atoms with Crippen LogP contribution in [0, 0.1) is 0 Å². The van der Waals surface area contributed by atoms with Gasteiger partial charge in [-0.2, -0.15) is 0 Å². The summed E-state index contributed by atoms with van der Waals surface area (Å²) in [5.41, 5.74) is 2.44. The molecule has 1 aliphatic rings. The summed E-state index contributed by atoms with van der Waals surface area (Å²) in [7, 11) is 4.06. The highest BCUT2D eigenvalue weighted by Gasteiger charge is 2.32. The van der Waals surface area contributed by atoms with Crippen molar-refractivity contribution in [2.75, 3.05) is 25.5 Å². The van der Waals surface area contributed by atoms with Crippen molar-refractivity contribution >= 4 is 11.7 Å². The van der Waals surface area contributed by atoms with Gasteiger partial charge in [-0.05, 0) is 37.5 Å². The van der Waals surface area contributed by atoms with Gasteiger partial charge in [0.25, 0.3) is 0 Å². The van der Waals surface area contributed by atoms with Crippen LogP contribution in [0.3, 0.4) is 0 Å². The Bertz CT molecular complexity index is 452. The van der Waals surface area contributed by atoms with Crippen molar-refractivity contribution in [3.8, 4) is 0 Å². The fourth-order valence-electron chi connectivity index (χ4n) is 2.57. The smallest absolute Gasteiger partial charge is 0.304 e. The Morgan fingerprint density at radius 1 is 1.30 bits per heavy atom. The Hall–Kier alpha value is -1.55. The molecular weight excluding hydrogens is 252 g/mol. The van der Waals surface area contributed by atoms with Crippen LogP contribution in [0.25, 0.3) is 0 Å². The summed E-state index contributed by atoms with van der Waals surface area (Å²) in [5, 5.41) is 8.88. The van der Waals surface area contributed by atoms with E-state index in [2.05, 4.69) is 41.0 Å². The Morgan fingerprint density at radius 3 is 2.35 bits per heavy atom. The fourth-order valence-corrected chi connectivity index (χ4v) is 2.57. The van der Waals surface area contributed by atoms with Crippen molar-refractivity contribution in [2.45, 2.75) is 38.3 Å². The molecule has 0 heterocycles. The predicted octanol–water partition coefficient (Wildman–Crippen LogP) is 2.75. The van der Waals surface area contributed by atoms with E-state index in [0.29, 0.717) is 12.6 Å². The molecule has 1 unspecified atom stereocenters. The Labute approximate surface area is 121 Å². The van der Waals surface area contributed by atoms with E-state index in [1.165, 1.54) is 24.1 Å². The molecule has 20 heavy (non-hydrogen) atoms. The zero-order valence-electron chi connectivity index (χ0n) is 12.5. The van der Waals surface area contributed by atoms with Crippen molar-refractivity contribution in [2.24, 2.45) is 0 Å². The van der Waals surface area contributed by atoms with E-state index in [9.17, 15) is 4.79 Å². The van der Waals surface area contributed by atoms with Crippen LogP contribution in [-0.4, -0.2) is 42.7 Å². The fraction of sp³-hybridized carbons (Fsp3) is 0.562. The SMILES string of the molecule is CC(c1ccc(N(C)C)cc1)N(CCC(=O)O)C1CC1. The van der Waals surface area contributed by atoms with Crippen LogP contribution in [0.15, 0.2) is 24.3 Å². The molecule has 2 rings (SSSR count). The average molecular weight is 276 g/mol. The number of nitrogens with zero attached hydrogens (tertiary/aromatic N) is 2. The van der Waals surface area contributed by atoms with Gasteiger partial charge < -0.3 is 10.0 Å². The number of carboxylic acid groups (broad SMARTS) is 1. The summed E-state index contributed by atoms with van der Waals surface area (Å²) in [4.78, 5) is 15.2. The van der Waals surface area contributed by atoms with Crippen LogP contribution in [0.5, 0.6) is 0 Å². The topological polar surface area (TPSA) is 43.8 Å². The molecular formula is C16H24N2O2. The Balaban J connectivity index is 2.06. The molecule has 1 atom stereocenters. The lowest BCUT2D eigenvalue weighted by atomic mass is 10.1. The molecule has 1 aromatic carbocycles. The molecule has 1 N–H and O–H groups in total. The number of hydrogen-bond donors (Lipinski definition) is 1. The van der Waals surface area contributed by atoms with Crippen LogP contribution in [0.4, 0.5) is 5.69 Å². The molecule has 4 heteroatoms. The van der Waals surface area contributed by atoms with Gasteiger partial charge in [-0.15, -0.1) is 0 Å². The standard InChI is InChI=1S/C16H24N2O2/c1-12(13-4-6-14(7-5-13)17(2)3)18(15-8-9-15)11-10-16(19)20/h4-7,12,15H,8-11H2,1-3H3,(H,19,20). The second-order valence-corrected chi connectivity index (χ2v) is 5.77. The van der Waals surface area contributed by atoms with E-state index in [4.69, 9.17) is 5.11 Å². The van der Waals surface area contributed by atoms with Crippen LogP contribution in [0.2, 0.25) is 0 Å². The third-order valence-electron chi connectivity index (χ3n) is 3.99. The average Bonchev–Trinajstić information content (AvgIpc) is 3.23. The monoisotopic (exact) mass is 276 g/mol. The van der Waals surface area contributed by atoms with Crippen LogP contribution in [-0.2, 0) is 4.79 Å². The van der Waals surface area contributed by atoms with E-state index in [1.54, 1.807) is 0 Å². The van der Waals surface area contributed by atoms with Crippen molar-refractivity contribution in [1.29, 1.82) is 0 Å². The van der Waals surface area contributed by atoms with E-state index in [0.717, 1.165) is 0 Å². The number of carbonyl (C=O) groups is 1. The maximum absolute atomic E-state index is 10.8. The number of hydrogen-bond acceptors (Lipinski definition) is 3. The van der Waals surface area contributed by atoms with Crippen LogP contribution >= 0.6 is 0 Å². The molecule has 0 spiro atoms. The highest BCUT2D eigenvalue weighted by molar-refractivity contribution is 5.66. The molecule has 110 valence electrons. The molecule has 1 aliphatic carbocycles. The third kappa shape index (κ3) is 3.73. The normalized spacial score (nSPS) is 16.2. The molecule has 1 aromatic rings. The predicted molar refractivity (Wildman–Crippen MR) is 81.2 cm³/mol. The second kappa shape index (κ2) is 6.27. The molecule has 0 aliphatic heterocycles. The van der Waals surface area contributed by atoms with E-state index in [1.807, 2.05) is 14.1 Å². The van der Waals surface area contributed by atoms with Gasteiger partial charge in [0.05, 0.1) is 6.42 Å². The minimum Gasteiger partial charge on any atom is -0.481 e. The molecule has 0 radical (unpaired) electrons. The maximum atomic E-state index is 10.8. The van der Waals surface area contributed by atoms with Crippen LogP contribution < -0.4 is 4.90 Å². The van der Waals surface area contributed by atoms with E-state index >= 15 is 0 Å². The van der Waals surface area contributed by atoms with Crippen molar-refractivity contribution in [3.63, 3.8) is 0 Å². The first kappa shape index (κ1) is 14.9. The summed E-state index contributed by atoms with van der Waals surface area (Å²) in [6, 6.07) is 9.38. The number of anilines is 1. The summed E-state index contributed by atoms with van der Waals surface area (Å²) in [6.07, 6.45) is 2.61. The number of aliphatic carboxylic acids is 1. The first-order valence-electron chi connectivity index (χ1n) is 7.24. The third-order valence-corrected chi connectivity index (χ3v) is 3.99. The highest BCUT2D eigenvalue weighted by atomic mass is 16.4. The van der Waals surface area contributed by atoms with Gasteiger partial charge in [-0.3, -0.25) is 9.69 Å². The minimum absolute atomic E-state index is 0.219. The lowest BCUT2D eigenvalue weighted by molar-refractivity contribution is -0.137. The quantitative estimate of drug-likeness (QED) is 0.831. The van der Waals surface area contributed by atoms with E-state index < -0.39 is 5.97 Å². The van der Waals surface area contributed by atoms with Gasteiger partial charge >= 0.3 is 5.97 Å². The Morgan fingerprint density at radius 2 is 1.90 bits per heavy atom. The minimum atomic E-state index is -0.717. The first-order chi connectivity index (χ1) is 9.49. The molecule has 0 saturated heterocycles. The summed E-state index contributed by atoms with van der Waals surface area (Å²) in [5.74, 6) is -0.717. The Kier molecular flexibility index (Phi) is 4.65. The van der Waals surface area contributed by atoms with Crippen molar-refractivity contribution in [3.05, 3.63) is 29.8 Å². The highest BCUT2D eigenvalue weighted by Crippen LogP contribution is 2.34. The summed E-state index contributed by atoms with van der Waals surface area (Å²) >= 11 is 0. The maximum Gasteiger partial charge on any atom is 0.304 e. The van der Waals surface area contributed by atoms with Crippen molar-refractivity contribution < 1.29 is 9.90 Å². The van der Waals surface area contributed by atoms with Gasteiger partial charge in [0.2, 0.25) is 0 Å². The summed E-state index contributed by atoms with van der Waals surface area (Å²) in [6.45, 7) is 2.81. The van der Waals surface area contributed by atoms with Crippen LogP contribution in [0.1, 0.15) is 37.8 Å². The van der Waals surface area contributed by atoms with E-state index in [-0.39, 0.29) is 12.5 Å². The lowest BCUT2D eigenvalue weighted by Gasteiger charge is -2.29. The number of rotatable bonds is 7. The number of carboxylic acids is 1. The molecule has 1 fully saturated rings. The van der Waals surface area contributed by atoms with Gasteiger partial charge in [-0.25, -0.2) is 0 Å². The van der Waals surface area contributed by atoms with Crippen molar-refractivity contribution in [1.82, 2.24) is 4.90 Å². The molecule has 4 nitrogen and oxygen atoms in total. The molecule has 0 aromatic heterocycles. The second-order valence-electron chi connectivity index (χ2n) is 5.77. The number of benzene rings is 1. The molecule has 0 amide bonds. The largest absolute Gasteiger partial charge is 0.481 e. The molecule has 0 bridgehead atoms. The van der Waals surface area contributed by atoms with Gasteiger partial charge in [0.1, 0.15) is 0 Å². The lowest BCUT2D eigenvalue weighted by Crippen LogP contribution is -2.31. The zero-order valence-corrected chi connectivity index (χ0v) is 12.5. The zero-order chi connectivity index (χ0) is 14.7. The van der Waals surface area contributed by atoms with Gasteiger partial charge in [0.15, 0.2) is 0 Å². The van der Waals surface area contributed by atoms with Gasteiger partial charge in [-0.1, -0.05) is 12.1 Å².